The Hall–Kier alpha value is -2.86. The molecule has 1 amide bonds. The lowest BCUT2D eigenvalue weighted by Gasteiger charge is -2.26. The zero-order valence-electron chi connectivity index (χ0n) is 15.3. The Balaban J connectivity index is 1.37. The topological polar surface area (TPSA) is 76.1 Å². The van der Waals surface area contributed by atoms with Crippen molar-refractivity contribution in [2.75, 3.05) is 13.2 Å². The summed E-state index contributed by atoms with van der Waals surface area (Å²) in [7, 11) is 0. The minimum Gasteiger partial charge on any atom is -0.480 e. The van der Waals surface area contributed by atoms with Crippen LogP contribution >= 0.6 is 0 Å². The van der Waals surface area contributed by atoms with Gasteiger partial charge in [0.2, 0.25) is 0 Å². The summed E-state index contributed by atoms with van der Waals surface area (Å²) in [5, 5.41) is 9.52. The van der Waals surface area contributed by atoms with Crippen molar-refractivity contribution in [1.82, 2.24) is 4.90 Å². The summed E-state index contributed by atoms with van der Waals surface area (Å²) in [6.45, 7) is 0.739. The van der Waals surface area contributed by atoms with Crippen LogP contribution < -0.4 is 0 Å². The number of benzene rings is 2. The summed E-state index contributed by atoms with van der Waals surface area (Å²) < 4.78 is 11.3. The first-order chi connectivity index (χ1) is 13.6. The van der Waals surface area contributed by atoms with Gasteiger partial charge in [-0.15, -0.1) is 0 Å². The number of hydrogen-bond donors (Lipinski definition) is 1. The minimum atomic E-state index is -1.01. The van der Waals surface area contributed by atoms with Crippen molar-refractivity contribution in [3.63, 3.8) is 0 Å². The smallest absolute Gasteiger partial charge is 0.410 e. The van der Waals surface area contributed by atoms with Crippen LogP contribution in [0.3, 0.4) is 0 Å². The van der Waals surface area contributed by atoms with Crippen LogP contribution in [0.25, 0.3) is 11.1 Å². The fraction of sp³-hybridized carbons (Fsp3) is 0.364. The van der Waals surface area contributed by atoms with Crippen LogP contribution in [0.15, 0.2) is 48.5 Å². The molecule has 0 spiro atoms. The normalized spacial score (nSPS) is 25.3. The number of hydrogen-bond acceptors (Lipinski definition) is 4. The molecule has 0 saturated carbocycles. The van der Waals surface area contributed by atoms with Gasteiger partial charge in [-0.1, -0.05) is 48.5 Å². The van der Waals surface area contributed by atoms with E-state index in [-0.39, 0.29) is 24.7 Å². The van der Waals surface area contributed by atoms with E-state index in [0.29, 0.717) is 19.4 Å². The van der Waals surface area contributed by atoms with Crippen molar-refractivity contribution >= 4 is 12.1 Å². The summed E-state index contributed by atoms with van der Waals surface area (Å²) in [4.78, 5) is 25.9. The highest BCUT2D eigenvalue weighted by Crippen LogP contribution is 2.44. The molecule has 0 bridgehead atoms. The van der Waals surface area contributed by atoms with Gasteiger partial charge in [0.05, 0.1) is 12.1 Å². The largest absolute Gasteiger partial charge is 0.480 e. The molecule has 5 rings (SSSR count). The number of carbonyl (C=O) groups is 2. The summed E-state index contributed by atoms with van der Waals surface area (Å²) in [6.07, 6.45) is 0.205. The summed E-state index contributed by atoms with van der Waals surface area (Å²) in [6, 6.07) is 15.2. The van der Waals surface area contributed by atoms with E-state index in [2.05, 4.69) is 24.3 Å². The minimum absolute atomic E-state index is 0.0437. The van der Waals surface area contributed by atoms with Crippen LogP contribution in [0.5, 0.6) is 0 Å². The molecule has 2 saturated heterocycles. The van der Waals surface area contributed by atoms with Gasteiger partial charge in [0.1, 0.15) is 12.6 Å². The van der Waals surface area contributed by atoms with Gasteiger partial charge in [-0.05, 0) is 28.7 Å². The Kier molecular flexibility index (Phi) is 4.09. The van der Waals surface area contributed by atoms with Crippen LogP contribution in [-0.4, -0.2) is 53.5 Å². The zero-order valence-corrected chi connectivity index (χ0v) is 15.3. The molecule has 2 aromatic carbocycles. The first-order valence-corrected chi connectivity index (χ1v) is 9.63. The van der Waals surface area contributed by atoms with Crippen molar-refractivity contribution < 1.29 is 24.2 Å². The molecule has 0 unspecified atom stereocenters. The van der Waals surface area contributed by atoms with Gasteiger partial charge in [0.25, 0.3) is 0 Å². The molecule has 3 aliphatic rings. The fourth-order valence-corrected chi connectivity index (χ4v) is 4.90. The SMILES string of the molecule is O=C(O)[C@@H]1C[C@@H]2OCC[C@@H]2N1C(=O)OCC1c2ccccc2-c2ccccc21. The quantitative estimate of drug-likeness (QED) is 0.886. The number of likely N-dealkylation sites (tertiary alicyclic amines) is 1. The number of rotatable bonds is 3. The third-order valence-corrected chi connectivity index (χ3v) is 6.16. The Morgan fingerprint density at radius 1 is 1.07 bits per heavy atom. The van der Waals surface area contributed by atoms with Gasteiger partial charge in [-0.25, -0.2) is 9.59 Å². The van der Waals surface area contributed by atoms with Gasteiger partial charge in [0.15, 0.2) is 0 Å². The standard InChI is InChI=1S/C22H21NO5/c24-21(25)19-11-20-18(9-10-27-20)23(19)22(26)28-12-17-15-7-3-1-5-13(15)14-6-2-4-8-16(14)17/h1-8,17-20H,9-12H2,(H,24,25)/t18-,19-,20-/m0/s1. The molecule has 2 heterocycles. The van der Waals surface area contributed by atoms with E-state index >= 15 is 0 Å². The highest BCUT2D eigenvalue weighted by atomic mass is 16.6. The highest BCUT2D eigenvalue weighted by molar-refractivity contribution is 5.82. The molecule has 2 fully saturated rings. The maximum Gasteiger partial charge on any atom is 0.410 e. The number of amides is 1. The molecular formula is C22H21NO5. The second-order valence-electron chi connectivity index (χ2n) is 7.57. The number of fused-ring (bicyclic) bond motifs is 4. The maximum absolute atomic E-state index is 12.9. The van der Waals surface area contributed by atoms with E-state index < -0.39 is 18.1 Å². The van der Waals surface area contributed by atoms with Gasteiger partial charge < -0.3 is 14.6 Å². The average Bonchev–Trinajstić information content (AvgIpc) is 3.37. The Labute approximate surface area is 162 Å². The van der Waals surface area contributed by atoms with Crippen LogP contribution in [-0.2, 0) is 14.3 Å². The number of carbonyl (C=O) groups excluding carboxylic acids is 1. The highest BCUT2D eigenvalue weighted by Gasteiger charge is 2.50. The van der Waals surface area contributed by atoms with Crippen molar-refractivity contribution in [3.05, 3.63) is 59.7 Å². The van der Waals surface area contributed by atoms with Crippen LogP contribution in [0.1, 0.15) is 29.9 Å². The molecule has 2 aliphatic heterocycles. The zero-order chi connectivity index (χ0) is 19.3. The Morgan fingerprint density at radius 2 is 1.71 bits per heavy atom. The third kappa shape index (κ3) is 2.59. The second-order valence-corrected chi connectivity index (χ2v) is 7.57. The summed E-state index contributed by atoms with van der Waals surface area (Å²) in [5.74, 6) is -1.05. The number of ether oxygens (including phenoxy) is 2. The molecule has 0 aromatic heterocycles. The number of carboxylic acids is 1. The number of aliphatic carboxylic acids is 1. The summed E-state index contributed by atoms with van der Waals surface area (Å²) in [5.41, 5.74) is 4.59. The van der Waals surface area contributed by atoms with Gasteiger partial charge in [-0.3, -0.25) is 4.90 Å². The summed E-state index contributed by atoms with van der Waals surface area (Å²) >= 11 is 0. The molecule has 1 N–H and O–H groups in total. The van der Waals surface area contributed by atoms with Crippen LogP contribution in [0.2, 0.25) is 0 Å². The molecule has 6 nitrogen and oxygen atoms in total. The van der Waals surface area contributed by atoms with E-state index in [0.717, 1.165) is 22.3 Å². The third-order valence-electron chi connectivity index (χ3n) is 6.16. The van der Waals surface area contributed by atoms with Crippen LogP contribution in [0.4, 0.5) is 4.79 Å². The van der Waals surface area contributed by atoms with Crippen molar-refractivity contribution in [2.24, 2.45) is 0 Å². The molecule has 6 heteroatoms. The lowest BCUT2D eigenvalue weighted by atomic mass is 9.98. The van der Waals surface area contributed by atoms with Crippen LogP contribution in [0, 0.1) is 0 Å². The molecule has 3 atom stereocenters. The number of carboxylic acid groups (broad SMARTS) is 1. The lowest BCUT2D eigenvalue weighted by Crippen LogP contribution is -2.45. The van der Waals surface area contributed by atoms with Gasteiger partial charge >= 0.3 is 12.1 Å². The maximum atomic E-state index is 12.9. The first kappa shape index (κ1) is 17.3. The molecule has 0 radical (unpaired) electrons. The molecule has 1 aliphatic carbocycles. The molecule has 2 aromatic rings. The van der Waals surface area contributed by atoms with Crippen molar-refractivity contribution in [2.45, 2.75) is 36.9 Å². The molecule has 28 heavy (non-hydrogen) atoms. The predicted molar refractivity (Wildman–Crippen MR) is 101 cm³/mol. The lowest BCUT2D eigenvalue weighted by molar-refractivity contribution is -0.142. The van der Waals surface area contributed by atoms with Crippen molar-refractivity contribution in [1.29, 1.82) is 0 Å². The fourth-order valence-electron chi connectivity index (χ4n) is 4.90. The van der Waals surface area contributed by atoms with E-state index in [9.17, 15) is 14.7 Å². The Morgan fingerprint density at radius 3 is 2.36 bits per heavy atom. The van der Waals surface area contributed by atoms with Gasteiger partial charge in [-0.2, -0.15) is 0 Å². The Bertz CT molecular complexity index is 897. The predicted octanol–water partition coefficient (Wildman–Crippen LogP) is 3.25. The molecule has 144 valence electrons. The second kappa shape index (κ2) is 6.63. The van der Waals surface area contributed by atoms with Crippen molar-refractivity contribution in [3.8, 4) is 11.1 Å². The first-order valence-electron chi connectivity index (χ1n) is 9.63. The van der Waals surface area contributed by atoms with Gasteiger partial charge in [0, 0.05) is 18.9 Å². The van der Waals surface area contributed by atoms with E-state index in [4.69, 9.17) is 9.47 Å². The monoisotopic (exact) mass is 379 g/mol. The average molecular weight is 379 g/mol. The van der Waals surface area contributed by atoms with E-state index in [1.54, 1.807) is 0 Å². The molecular weight excluding hydrogens is 358 g/mol. The number of nitrogens with zero attached hydrogens (tertiary/aromatic N) is 1. The van der Waals surface area contributed by atoms with E-state index in [1.165, 1.54) is 4.90 Å². The van der Waals surface area contributed by atoms with E-state index in [1.807, 2.05) is 24.3 Å².